The summed E-state index contributed by atoms with van der Waals surface area (Å²) in [6.07, 6.45) is 0. The van der Waals surface area contributed by atoms with E-state index in [1.807, 2.05) is 74.5 Å². The number of rotatable bonds is 4. The number of benzene rings is 3. The molecule has 0 aromatic heterocycles. The number of hydrogen-bond donors (Lipinski definition) is 3. The van der Waals surface area contributed by atoms with Crippen LogP contribution in [-0.2, 0) is 4.79 Å². The maximum absolute atomic E-state index is 13.4. The number of methoxy groups -OCH3 is 1. The average Bonchev–Trinajstić information content (AvgIpc) is 2.73. The standard InChI is InChI=1S/C24H23N3O2S/c1-14-8-11-17(12-9-14)26-23(28)20-15(2)25-24(30)27-22(20)21-18-7-5-4-6-16(18)10-13-19(21)29-3/h4-13,22H,1-3H3,(H,26,28)(H2,25,27,30). The molecule has 0 bridgehead atoms. The molecule has 1 aliphatic heterocycles. The fourth-order valence-electron chi connectivity index (χ4n) is 3.80. The second kappa shape index (κ2) is 8.16. The Morgan fingerprint density at radius 2 is 1.77 bits per heavy atom. The fraction of sp³-hybridized carbons (Fsp3) is 0.167. The van der Waals surface area contributed by atoms with E-state index < -0.39 is 6.04 Å². The Balaban J connectivity index is 1.82. The first-order valence-electron chi connectivity index (χ1n) is 9.70. The lowest BCUT2D eigenvalue weighted by atomic mass is 9.90. The Morgan fingerprint density at radius 3 is 2.50 bits per heavy atom. The summed E-state index contributed by atoms with van der Waals surface area (Å²) in [5.74, 6) is 0.503. The highest BCUT2D eigenvalue weighted by Gasteiger charge is 2.33. The van der Waals surface area contributed by atoms with E-state index in [4.69, 9.17) is 17.0 Å². The average molecular weight is 418 g/mol. The first kappa shape index (κ1) is 19.9. The molecule has 0 radical (unpaired) electrons. The van der Waals surface area contributed by atoms with E-state index in [-0.39, 0.29) is 5.91 Å². The third kappa shape index (κ3) is 3.74. The molecule has 0 spiro atoms. The minimum atomic E-state index is -0.453. The van der Waals surface area contributed by atoms with Gasteiger partial charge >= 0.3 is 0 Å². The highest BCUT2D eigenvalue weighted by Crippen LogP contribution is 2.38. The second-order valence-corrected chi connectivity index (χ2v) is 7.70. The molecule has 1 aliphatic rings. The molecule has 3 aromatic rings. The van der Waals surface area contributed by atoms with Crippen LogP contribution in [0.4, 0.5) is 5.69 Å². The maximum atomic E-state index is 13.4. The highest BCUT2D eigenvalue weighted by molar-refractivity contribution is 7.80. The van der Waals surface area contributed by atoms with Gasteiger partial charge in [0.1, 0.15) is 5.75 Å². The van der Waals surface area contributed by atoms with Crippen LogP contribution in [0.5, 0.6) is 5.75 Å². The van der Waals surface area contributed by atoms with Crippen molar-refractivity contribution in [3.63, 3.8) is 0 Å². The molecule has 0 saturated heterocycles. The van der Waals surface area contributed by atoms with E-state index in [2.05, 4.69) is 16.0 Å². The van der Waals surface area contributed by atoms with Crippen LogP contribution in [-0.4, -0.2) is 18.1 Å². The summed E-state index contributed by atoms with van der Waals surface area (Å²) >= 11 is 5.42. The van der Waals surface area contributed by atoms with Gasteiger partial charge in [0.25, 0.3) is 5.91 Å². The van der Waals surface area contributed by atoms with Crippen LogP contribution in [0.2, 0.25) is 0 Å². The third-order valence-corrected chi connectivity index (χ3v) is 5.48. The molecule has 5 nitrogen and oxygen atoms in total. The summed E-state index contributed by atoms with van der Waals surface area (Å²) < 4.78 is 5.68. The van der Waals surface area contributed by atoms with E-state index >= 15 is 0 Å². The number of ether oxygens (including phenoxy) is 1. The molecule has 3 aromatic carbocycles. The van der Waals surface area contributed by atoms with Crippen molar-refractivity contribution in [3.05, 3.63) is 83.1 Å². The number of nitrogens with one attached hydrogen (secondary N) is 3. The van der Waals surface area contributed by atoms with Gasteiger partial charge in [-0.2, -0.15) is 0 Å². The number of aryl methyl sites for hydroxylation is 1. The van der Waals surface area contributed by atoms with E-state index in [0.29, 0.717) is 22.1 Å². The summed E-state index contributed by atoms with van der Waals surface area (Å²) in [6, 6.07) is 19.3. The molecule has 0 fully saturated rings. The Hall–Kier alpha value is -3.38. The molecular formula is C24H23N3O2S. The first-order valence-corrected chi connectivity index (χ1v) is 10.1. The fourth-order valence-corrected chi connectivity index (χ4v) is 4.07. The molecule has 0 aliphatic carbocycles. The molecule has 1 atom stereocenters. The van der Waals surface area contributed by atoms with Crippen molar-refractivity contribution in [1.82, 2.24) is 10.6 Å². The van der Waals surface area contributed by atoms with Crippen molar-refractivity contribution in [2.75, 3.05) is 12.4 Å². The zero-order chi connectivity index (χ0) is 21.3. The Labute approximate surface area is 181 Å². The predicted octanol–water partition coefficient (Wildman–Crippen LogP) is 4.59. The van der Waals surface area contributed by atoms with Crippen LogP contribution in [0.25, 0.3) is 10.8 Å². The van der Waals surface area contributed by atoms with E-state index in [1.54, 1.807) is 7.11 Å². The van der Waals surface area contributed by atoms with Gasteiger partial charge in [-0.05, 0) is 55.0 Å². The monoisotopic (exact) mass is 417 g/mol. The van der Waals surface area contributed by atoms with E-state index in [9.17, 15) is 4.79 Å². The first-order chi connectivity index (χ1) is 14.5. The molecule has 6 heteroatoms. The van der Waals surface area contributed by atoms with Crippen molar-refractivity contribution >= 4 is 39.7 Å². The van der Waals surface area contributed by atoms with Gasteiger partial charge in [-0.15, -0.1) is 0 Å². The second-order valence-electron chi connectivity index (χ2n) is 7.29. The van der Waals surface area contributed by atoms with Crippen molar-refractivity contribution in [2.45, 2.75) is 19.9 Å². The van der Waals surface area contributed by atoms with Crippen molar-refractivity contribution in [2.24, 2.45) is 0 Å². The number of carbonyl (C=O) groups excluding carboxylic acids is 1. The Bertz CT molecular complexity index is 1170. The van der Waals surface area contributed by atoms with Crippen molar-refractivity contribution in [1.29, 1.82) is 0 Å². The molecule has 152 valence electrons. The summed E-state index contributed by atoms with van der Waals surface area (Å²) in [5, 5.41) is 11.9. The molecule has 1 heterocycles. The van der Waals surface area contributed by atoms with Crippen molar-refractivity contribution in [3.8, 4) is 5.75 Å². The van der Waals surface area contributed by atoms with E-state index in [1.165, 1.54) is 0 Å². The van der Waals surface area contributed by atoms with Crippen LogP contribution >= 0.6 is 12.2 Å². The van der Waals surface area contributed by atoms with Gasteiger partial charge in [0.05, 0.1) is 18.7 Å². The summed E-state index contributed by atoms with van der Waals surface area (Å²) in [4.78, 5) is 13.4. The third-order valence-electron chi connectivity index (χ3n) is 5.26. The number of anilines is 1. The SMILES string of the molecule is COc1ccc2ccccc2c1C1NC(=S)NC(C)=C1C(=O)Nc1ccc(C)cc1. The molecule has 1 unspecified atom stereocenters. The lowest BCUT2D eigenvalue weighted by Gasteiger charge is -2.32. The van der Waals surface area contributed by atoms with Gasteiger partial charge in [0, 0.05) is 16.9 Å². The molecular weight excluding hydrogens is 394 g/mol. The highest BCUT2D eigenvalue weighted by atomic mass is 32.1. The minimum absolute atomic E-state index is 0.196. The molecule has 3 N–H and O–H groups in total. The van der Waals surface area contributed by atoms with Gasteiger partial charge in [0.15, 0.2) is 5.11 Å². The molecule has 4 rings (SSSR count). The number of thiocarbonyl (C=S) groups is 1. The number of hydrogen-bond acceptors (Lipinski definition) is 3. The molecule has 1 amide bonds. The zero-order valence-electron chi connectivity index (χ0n) is 17.1. The maximum Gasteiger partial charge on any atom is 0.255 e. The zero-order valence-corrected chi connectivity index (χ0v) is 17.9. The van der Waals surface area contributed by atoms with Gasteiger partial charge in [-0.3, -0.25) is 4.79 Å². The smallest absolute Gasteiger partial charge is 0.255 e. The lowest BCUT2D eigenvalue weighted by molar-refractivity contribution is -0.113. The van der Waals surface area contributed by atoms with Crippen molar-refractivity contribution < 1.29 is 9.53 Å². The normalized spacial score (nSPS) is 16.1. The minimum Gasteiger partial charge on any atom is -0.496 e. The quantitative estimate of drug-likeness (QED) is 0.542. The van der Waals surface area contributed by atoms with Crippen LogP contribution in [0.15, 0.2) is 71.9 Å². The number of allylic oxidation sites excluding steroid dienone is 1. The van der Waals surface area contributed by atoms with Crippen LogP contribution in [0.3, 0.4) is 0 Å². The molecule has 0 saturated carbocycles. The number of amides is 1. The molecule has 30 heavy (non-hydrogen) atoms. The van der Waals surface area contributed by atoms with Gasteiger partial charge < -0.3 is 20.7 Å². The van der Waals surface area contributed by atoms with Crippen LogP contribution in [0.1, 0.15) is 24.1 Å². The van der Waals surface area contributed by atoms with Gasteiger partial charge in [0.2, 0.25) is 0 Å². The lowest BCUT2D eigenvalue weighted by Crippen LogP contribution is -2.46. The predicted molar refractivity (Wildman–Crippen MR) is 125 cm³/mol. The topological polar surface area (TPSA) is 62.4 Å². The summed E-state index contributed by atoms with van der Waals surface area (Å²) in [6.45, 7) is 3.87. The number of fused-ring (bicyclic) bond motifs is 1. The van der Waals surface area contributed by atoms with E-state index in [0.717, 1.165) is 27.6 Å². The van der Waals surface area contributed by atoms with Gasteiger partial charge in [-0.25, -0.2) is 0 Å². The summed E-state index contributed by atoms with van der Waals surface area (Å²) in [7, 11) is 1.63. The Kier molecular flexibility index (Phi) is 5.42. The van der Waals surface area contributed by atoms with Crippen LogP contribution < -0.4 is 20.7 Å². The Morgan fingerprint density at radius 1 is 1.03 bits per heavy atom. The van der Waals surface area contributed by atoms with Crippen LogP contribution in [0, 0.1) is 6.92 Å². The largest absolute Gasteiger partial charge is 0.496 e. The van der Waals surface area contributed by atoms with Gasteiger partial charge in [-0.1, -0.05) is 48.0 Å². The summed E-state index contributed by atoms with van der Waals surface area (Å²) in [5.41, 5.74) is 4.03. The number of carbonyl (C=O) groups is 1.